The molecule has 0 saturated carbocycles. The average molecular weight is 305 g/mol. The number of hydrogen-bond donors (Lipinski definition) is 1. The molecule has 0 amide bonds. The Balaban J connectivity index is 2.36. The van der Waals surface area contributed by atoms with Gasteiger partial charge in [0.1, 0.15) is 22.3 Å². The average Bonchev–Trinajstić information content (AvgIpc) is 2.47. The van der Waals surface area contributed by atoms with Crippen LogP contribution in [0.3, 0.4) is 0 Å². The minimum atomic E-state index is -4.01. The van der Waals surface area contributed by atoms with Gasteiger partial charge in [-0.1, -0.05) is 12.1 Å². The van der Waals surface area contributed by atoms with Crippen LogP contribution in [-0.4, -0.2) is 13.4 Å². The standard InChI is InChI=1S/C14H12FN3O2S/c1-10(11-4-3-7-17-9-11)18-21(19,20)14-6-2-5-13(15)12(14)8-16/h2-7,9-10,18H,1H3. The maximum Gasteiger partial charge on any atom is 0.242 e. The summed E-state index contributed by atoms with van der Waals surface area (Å²) in [5, 5.41) is 8.92. The summed E-state index contributed by atoms with van der Waals surface area (Å²) in [6.45, 7) is 1.64. The first-order chi connectivity index (χ1) is 9.95. The summed E-state index contributed by atoms with van der Waals surface area (Å²) in [6, 6.07) is 7.91. The molecule has 0 aliphatic carbocycles. The van der Waals surface area contributed by atoms with Crippen LogP contribution in [0.4, 0.5) is 4.39 Å². The molecule has 0 aliphatic rings. The Morgan fingerprint density at radius 2 is 2.10 bits per heavy atom. The minimum absolute atomic E-state index is 0.374. The van der Waals surface area contributed by atoms with Crippen molar-refractivity contribution in [1.29, 1.82) is 5.26 Å². The van der Waals surface area contributed by atoms with E-state index in [0.717, 1.165) is 6.07 Å². The van der Waals surface area contributed by atoms with Crippen molar-refractivity contribution < 1.29 is 12.8 Å². The molecule has 0 spiro atoms. The number of benzene rings is 1. The van der Waals surface area contributed by atoms with Crippen molar-refractivity contribution in [3.8, 4) is 6.07 Å². The van der Waals surface area contributed by atoms with E-state index < -0.39 is 27.4 Å². The van der Waals surface area contributed by atoms with Gasteiger partial charge in [0.2, 0.25) is 10.0 Å². The largest absolute Gasteiger partial charge is 0.264 e. The summed E-state index contributed by atoms with van der Waals surface area (Å²) in [5.74, 6) is -0.866. The lowest BCUT2D eigenvalue weighted by molar-refractivity contribution is 0.563. The van der Waals surface area contributed by atoms with Gasteiger partial charge in [-0.25, -0.2) is 17.5 Å². The molecule has 0 fully saturated rings. The SMILES string of the molecule is CC(NS(=O)(=O)c1cccc(F)c1C#N)c1cccnc1. The number of halogens is 1. The van der Waals surface area contributed by atoms with Crippen LogP contribution >= 0.6 is 0 Å². The Bertz CT molecular complexity index is 786. The fourth-order valence-corrected chi connectivity index (χ4v) is 3.23. The fourth-order valence-electron chi connectivity index (χ4n) is 1.83. The van der Waals surface area contributed by atoms with Crippen LogP contribution in [0.15, 0.2) is 47.6 Å². The first kappa shape index (κ1) is 15.1. The Morgan fingerprint density at radius 1 is 1.33 bits per heavy atom. The number of nitriles is 1. The van der Waals surface area contributed by atoms with Gasteiger partial charge in [-0.2, -0.15) is 5.26 Å². The third-order valence-electron chi connectivity index (χ3n) is 2.89. The maximum atomic E-state index is 13.5. The highest BCUT2D eigenvalue weighted by Gasteiger charge is 2.23. The van der Waals surface area contributed by atoms with Crippen molar-refractivity contribution in [2.45, 2.75) is 17.9 Å². The van der Waals surface area contributed by atoms with Crippen molar-refractivity contribution in [3.05, 3.63) is 59.7 Å². The molecule has 0 radical (unpaired) electrons. The van der Waals surface area contributed by atoms with Crippen LogP contribution in [-0.2, 0) is 10.0 Å². The van der Waals surface area contributed by atoms with Crippen molar-refractivity contribution >= 4 is 10.0 Å². The molecule has 1 unspecified atom stereocenters. The number of hydrogen-bond acceptors (Lipinski definition) is 4. The molecular weight excluding hydrogens is 293 g/mol. The van der Waals surface area contributed by atoms with E-state index in [1.54, 1.807) is 31.3 Å². The van der Waals surface area contributed by atoms with Crippen LogP contribution in [0.25, 0.3) is 0 Å². The highest BCUT2D eigenvalue weighted by molar-refractivity contribution is 7.89. The summed E-state index contributed by atoms with van der Waals surface area (Å²) in [7, 11) is -4.01. The van der Waals surface area contributed by atoms with E-state index in [4.69, 9.17) is 5.26 Å². The van der Waals surface area contributed by atoms with Crippen LogP contribution in [0.1, 0.15) is 24.1 Å². The summed E-state index contributed by atoms with van der Waals surface area (Å²) in [4.78, 5) is 3.53. The fraction of sp³-hybridized carbons (Fsp3) is 0.143. The lowest BCUT2D eigenvalue weighted by Crippen LogP contribution is -2.27. The molecule has 21 heavy (non-hydrogen) atoms. The first-order valence-electron chi connectivity index (χ1n) is 6.06. The van der Waals surface area contributed by atoms with Gasteiger partial charge in [-0.3, -0.25) is 4.98 Å². The number of pyridine rings is 1. The molecule has 5 nitrogen and oxygen atoms in total. The lowest BCUT2D eigenvalue weighted by atomic mass is 10.2. The number of rotatable bonds is 4. The third-order valence-corrected chi connectivity index (χ3v) is 4.48. The number of nitrogens with one attached hydrogen (secondary N) is 1. The molecule has 1 aromatic carbocycles. The zero-order valence-electron chi connectivity index (χ0n) is 11.1. The molecule has 7 heteroatoms. The Labute approximate surface area is 122 Å². The number of sulfonamides is 1. The molecule has 1 aromatic heterocycles. The van der Waals surface area contributed by atoms with Gasteiger partial charge < -0.3 is 0 Å². The topological polar surface area (TPSA) is 82.9 Å². The van der Waals surface area contributed by atoms with E-state index in [1.165, 1.54) is 18.3 Å². The van der Waals surface area contributed by atoms with Gasteiger partial charge in [0.25, 0.3) is 0 Å². The highest BCUT2D eigenvalue weighted by Crippen LogP contribution is 2.20. The van der Waals surface area contributed by atoms with Crippen LogP contribution in [0, 0.1) is 17.1 Å². The third kappa shape index (κ3) is 3.24. The van der Waals surface area contributed by atoms with Gasteiger partial charge in [-0.05, 0) is 30.7 Å². The molecule has 2 aromatic rings. The van der Waals surface area contributed by atoms with E-state index >= 15 is 0 Å². The summed E-state index contributed by atoms with van der Waals surface area (Å²) >= 11 is 0. The van der Waals surface area contributed by atoms with Gasteiger partial charge in [0, 0.05) is 18.4 Å². The second-order valence-electron chi connectivity index (χ2n) is 4.35. The van der Waals surface area contributed by atoms with E-state index in [1.807, 2.05) is 0 Å². The van der Waals surface area contributed by atoms with Crippen LogP contribution in [0.2, 0.25) is 0 Å². The molecule has 0 aliphatic heterocycles. The quantitative estimate of drug-likeness (QED) is 0.938. The monoisotopic (exact) mass is 305 g/mol. The number of aromatic nitrogens is 1. The second-order valence-corrected chi connectivity index (χ2v) is 6.04. The molecule has 1 N–H and O–H groups in total. The van der Waals surface area contributed by atoms with Crippen LogP contribution in [0.5, 0.6) is 0 Å². The Morgan fingerprint density at radius 3 is 2.71 bits per heavy atom. The summed E-state index contributed by atoms with van der Waals surface area (Å²) < 4.78 is 40.5. The molecule has 0 bridgehead atoms. The molecule has 2 rings (SSSR count). The van der Waals surface area contributed by atoms with Gasteiger partial charge in [0.15, 0.2) is 0 Å². The first-order valence-corrected chi connectivity index (χ1v) is 7.55. The predicted octanol–water partition coefficient (Wildman–Crippen LogP) is 2.13. The molecule has 1 atom stereocenters. The minimum Gasteiger partial charge on any atom is -0.264 e. The zero-order chi connectivity index (χ0) is 15.5. The van der Waals surface area contributed by atoms with E-state index in [-0.39, 0.29) is 4.90 Å². The van der Waals surface area contributed by atoms with E-state index in [9.17, 15) is 12.8 Å². The zero-order valence-corrected chi connectivity index (χ0v) is 11.9. The van der Waals surface area contributed by atoms with Crippen LogP contribution < -0.4 is 4.72 Å². The van der Waals surface area contributed by atoms with E-state index in [0.29, 0.717) is 5.56 Å². The lowest BCUT2D eigenvalue weighted by Gasteiger charge is -2.15. The Kier molecular flexibility index (Phi) is 4.31. The van der Waals surface area contributed by atoms with Crippen molar-refractivity contribution in [1.82, 2.24) is 9.71 Å². The second kappa shape index (κ2) is 5.99. The maximum absolute atomic E-state index is 13.5. The smallest absolute Gasteiger partial charge is 0.242 e. The molecular formula is C14H12FN3O2S. The van der Waals surface area contributed by atoms with E-state index in [2.05, 4.69) is 9.71 Å². The molecule has 0 saturated heterocycles. The van der Waals surface area contributed by atoms with Crippen molar-refractivity contribution in [3.63, 3.8) is 0 Å². The summed E-state index contributed by atoms with van der Waals surface area (Å²) in [6.07, 6.45) is 3.11. The molecule has 1 heterocycles. The number of nitrogens with zero attached hydrogens (tertiary/aromatic N) is 2. The van der Waals surface area contributed by atoms with Gasteiger partial charge >= 0.3 is 0 Å². The molecule has 108 valence electrons. The van der Waals surface area contributed by atoms with Gasteiger partial charge in [0.05, 0.1) is 0 Å². The van der Waals surface area contributed by atoms with Crippen molar-refractivity contribution in [2.75, 3.05) is 0 Å². The highest BCUT2D eigenvalue weighted by atomic mass is 32.2. The van der Waals surface area contributed by atoms with Gasteiger partial charge in [-0.15, -0.1) is 0 Å². The van der Waals surface area contributed by atoms with Crippen molar-refractivity contribution in [2.24, 2.45) is 0 Å². The summed E-state index contributed by atoms with van der Waals surface area (Å²) in [5.41, 5.74) is 0.166. The Hall–Kier alpha value is -2.30. The predicted molar refractivity (Wildman–Crippen MR) is 74.1 cm³/mol. The normalized spacial score (nSPS) is 12.6.